The third kappa shape index (κ3) is 3.92. The molecule has 3 heterocycles. The second-order valence-electron chi connectivity index (χ2n) is 6.63. The summed E-state index contributed by atoms with van der Waals surface area (Å²) in [4.78, 5) is 25.1. The van der Waals surface area contributed by atoms with Gasteiger partial charge in [-0.25, -0.2) is 0 Å². The Kier molecular flexibility index (Phi) is 6.05. The zero-order chi connectivity index (χ0) is 21.1. The highest BCUT2D eigenvalue weighted by molar-refractivity contribution is 7.99. The molecule has 4 aromatic rings. The number of thiophene rings is 1. The largest absolute Gasteiger partial charge is 0.497 e. The SMILES string of the molecule is CCCn1c(=O)c2sccc2n2c(SCC(=O)NCc3cccc(OC)c3)nnc12. The summed E-state index contributed by atoms with van der Waals surface area (Å²) in [5.41, 5.74) is 1.69. The van der Waals surface area contributed by atoms with Crippen LogP contribution in [-0.4, -0.2) is 37.9 Å². The van der Waals surface area contributed by atoms with Gasteiger partial charge in [0.2, 0.25) is 11.7 Å². The Morgan fingerprint density at radius 2 is 2.17 bits per heavy atom. The van der Waals surface area contributed by atoms with Crippen LogP contribution in [0.4, 0.5) is 0 Å². The van der Waals surface area contributed by atoms with Gasteiger partial charge in [0, 0.05) is 13.1 Å². The molecular weight excluding hydrogens is 422 g/mol. The normalized spacial score (nSPS) is 11.3. The third-order valence-electron chi connectivity index (χ3n) is 4.59. The van der Waals surface area contributed by atoms with Crippen molar-refractivity contribution in [1.29, 1.82) is 0 Å². The number of amides is 1. The van der Waals surface area contributed by atoms with Gasteiger partial charge in [0.1, 0.15) is 10.4 Å². The molecule has 10 heteroatoms. The number of rotatable bonds is 8. The molecule has 8 nitrogen and oxygen atoms in total. The molecule has 0 aliphatic heterocycles. The van der Waals surface area contributed by atoms with E-state index in [-0.39, 0.29) is 17.2 Å². The molecule has 0 fully saturated rings. The number of aromatic nitrogens is 4. The topological polar surface area (TPSA) is 90.5 Å². The van der Waals surface area contributed by atoms with Crippen LogP contribution in [0.15, 0.2) is 45.7 Å². The van der Waals surface area contributed by atoms with Crippen LogP contribution in [0.25, 0.3) is 16.0 Å². The monoisotopic (exact) mass is 443 g/mol. The average molecular weight is 444 g/mol. The van der Waals surface area contributed by atoms with Crippen LogP contribution in [0.1, 0.15) is 18.9 Å². The standard InChI is InChI=1S/C20H21N5O3S2/c1-3-8-24-18(27)17-15(7-9-29-17)25-19(24)22-23-20(25)30-12-16(26)21-11-13-5-4-6-14(10-13)28-2/h4-7,9-10H,3,8,11-12H2,1-2H3,(H,21,26). The van der Waals surface area contributed by atoms with Crippen molar-refractivity contribution in [2.24, 2.45) is 0 Å². The number of hydrogen-bond donors (Lipinski definition) is 1. The Balaban J connectivity index is 1.51. The first-order valence-electron chi connectivity index (χ1n) is 9.50. The number of hydrogen-bond acceptors (Lipinski definition) is 7. The van der Waals surface area contributed by atoms with Gasteiger partial charge in [0.05, 0.1) is 18.4 Å². The minimum Gasteiger partial charge on any atom is -0.497 e. The van der Waals surface area contributed by atoms with E-state index >= 15 is 0 Å². The molecule has 0 saturated carbocycles. The van der Waals surface area contributed by atoms with E-state index in [0.717, 1.165) is 23.3 Å². The van der Waals surface area contributed by atoms with Crippen molar-refractivity contribution in [3.63, 3.8) is 0 Å². The fourth-order valence-corrected chi connectivity index (χ4v) is 4.78. The summed E-state index contributed by atoms with van der Waals surface area (Å²) < 4.78 is 9.39. The Labute approximate surface area is 180 Å². The number of aryl methyl sites for hydroxylation is 1. The fourth-order valence-electron chi connectivity index (χ4n) is 3.18. The second kappa shape index (κ2) is 8.88. The molecule has 0 spiro atoms. The maximum Gasteiger partial charge on any atom is 0.272 e. The van der Waals surface area contributed by atoms with Crippen molar-refractivity contribution >= 4 is 45.0 Å². The van der Waals surface area contributed by atoms with Crippen molar-refractivity contribution in [2.75, 3.05) is 12.9 Å². The van der Waals surface area contributed by atoms with Crippen LogP contribution in [-0.2, 0) is 17.9 Å². The Bertz CT molecular complexity index is 1260. The van der Waals surface area contributed by atoms with Gasteiger partial charge >= 0.3 is 0 Å². The van der Waals surface area contributed by atoms with Crippen LogP contribution in [0.5, 0.6) is 5.75 Å². The minimum absolute atomic E-state index is 0.0469. The van der Waals surface area contributed by atoms with Crippen LogP contribution in [0, 0.1) is 0 Å². The van der Waals surface area contributed by atoms with Gasteiger partial charge in [0.25, 0.3) is 5.56 Å². The summed E-state index contributed by atoms with van der Waals surface area (Å²) in [5, 5.41) is 13.9. The summed E-state index contributed by atoms with van der Waals surface area (Å²) in [6.07, 6.45) is 0.814. The van der Waals surface area contributed by atoms with E-state index in [9.17, 15) is 9.59 Å². The zero-order valence-electron chi connectivity index (χ0n) is 16.6. The number of benzene rings is 1. The molecule has 0 bridgehead atoms. The third-order valence-corrected chi connectivity index (χ3v) is 6.41. The molecule has 4 rings (SSSR count). The Morgan fingerprint density at radius 1 is 1.30 bits per heavy atom. The molecular formula is C20H21N5O3S2. The van der Waals surface area contributed by atoms with E-state index in [1.165, 1.54) is 23.1 Å². The lowest BCUT2D eigenvalue weighted by molar-refractivity contribution is -0.118. The highest BCUT2D eigenvalue weighted by Gasteiger charge is 2.18. The summed E-state index contributed by atoms with van der Waals surface area (Å²) in [6, 6.07) is 9.46. The van der Waals surface area contributed by atoms with Gasteiger partial charge < -0.3 is 10.1 Å². The highest BCUT2D eigenvalue weighted by Crippen LogP contribution is 2.24. The first-order valence-corrected chi connectivity index (χ1v) is 11.4. The van der Waals surface area contributed by atoms with E-state index in [1.54, 1.807) is 11.7 Å². The fraction of sp³-hybridized carbons (Fsp3) is 0.300. The zero-order valence-corrected chi connectivity index (χ0v) is 18.3. The molecule has 0 radical (unpaired) electrons. The quantitative estimate of drug-likeness (QED) is 0.421. The van der Waals surface area contributed by atoms with Crippen molar-refractivity contribution in [2.45, 2.75) is 31.6 Å². The van der Waals surface area contributed by atoms with Gasteiger partial charge in [-0.3, -0.25) is 18.6 Å². The Hall–Kier alpha value is -2.85. The van der Waals surface area contributed by atoms with Crippen LogP contribution in [0.3, 0.4) is 0 Å². The number of carbonyl (C=O) groups is 1. The first-order chi connectivity index (χ1) is 14.6. The van der Waals surface area contributed by atoms with Crippen LogP contribution >= 0.6 is 23.1 Å². The van der Waals surface area contributed by atoms with Crippen molar-refractivity contribution in [3.05, 3.63) is 51.6 Å². The molecule has 0 atom stereocenters. The molecule has 30 heavy (non-hydrogen) atoms. The van der Waals surface area contributed by atoms with E-state index in [1.807, 2.05) is 47.0 Å². The van der Waals surface area contributed by atoms with Crippen LogP contribution in [0.2, 0.25) is 0 Å². The number of nitrogens with one attached hydrogen (secondary N) is 1. The number of methoxy groups -OCH3 is 1. The highest BCUT2D eigenvalue weighted by atomic mass is 32.2. The number of ether oxygens (including phenoxy) is 1. The van der Waals surface area contributed by atoms with Crippen molar-refractivity contribution in [1.82, 2.24) is 24.5 Å². The van der Waals surface area contributed by atoms with Gasteiger partial charge in [-0.2, -0.15) is 0 Å². The van der Waals surface area contributed by atoms with E-state index < -0.39 is 0 Å². The summed E-state index contributed by atoms with van der Waals surface area (Å²) in [6.45, 7) is 3.00. The summed E-state index contributed by atoms with van der Waals surface area (Å²) >= 11 is 2.71. The van der Waals surface area contributed by atoms with Gasteiger partial charge in [0.15, 0.2) is 5.16 Å². The van der Waals surface area contributed by atoms with Crippen molar-refractivity contribution < 1.29 is 9.53 Å². The van der Waals surface area contributed by atoms with Gasteiger partial charge in [-0.1, -0.05) is 30.8 Å². The number of carbonyl (C=O) groups excluding carboxylic acids is 1. The predicted molar refractivity (Wildman–Crippen MR) is 118 cm³/mol. The number of nitrogens with zero attached hydrogens (tertiary/aromatic N) is 4. The van der Waals surface area contributed by atoms with Crippen molar-refractivity contribution in [3.8, 4) is 5.75 Å². The molecule has 156 valence electrons. The molecule has 1 amide bonds. The molecule has 3 aromatic heterocycles. The first kappa shape index (κ1) is 20.4. The molecule has 1 N–H and O–H groups in total. The second-order valence-corrected chi connectivity index (χ2v) is 8.49. The predicted octanol–water partition coefficient (Wildman–Crippen LogP) is 2.93. The van der Waals surface area contributed by atoms with E-state index in [0.29, 0.717) is 28.7 Å². The molecule has 0 aliphatic rings. The number of thioether (sulfide) groups is 1. The summed E-state index contributed by atoms with van der Waals surface area (Å²) in [5.74, 6) is 1.35. The molecule has 0 aliphatic carbocycles. The van der Waals surface area contributed by atoms with E-state index in [4.69, 9.17) is 4.74 Å². The minimum atomic E-state index is -0.108. The lowest BCUT2D eigenvalue weighted by Gasteiger charge is -2.08. The molecule has 0 unspecified atom stereocenters. The maximum atomic E-state index is 12.7. The summed E-state index contributed by atoms with van der Waals surface area (Å²) in [7, 11) is 1.61. The maximum absolute atomic E-state index is 12.7. The lowest BCUT2D eigenvalue weighted by Crippen LogP contribution is -2.25. The van der Waals surface area contributed by atoms with Gasteiger partial charge in [-0.05, 0) is 35.6 Å². The molecule has 0 saturated heterocycles. The Morgan fingerprint density at radius 3 is 2.97 bits per heavy atom. The average Bonchev–Trinajstić information content (AvgIpc) is 3.41. The van der Waals surface area contributed by atoms with E-state index in [2.05, 4.69) is 15.5 Å². The van der Waals surface area contributed by atoms with Gasteiger partial charge in [-0.15, -0.1) is 21.5 Å². The smallest absolute Gasteiger partial charge is 0.272 e. The number of fused-ring (bicyclic) bond motifs is 3. The molecule has 1 aromatic carbocycles. The lowest BCUT2D eigenvalue weighted by atomic mass is 10.2. The van der Waals surface area contributed by atoms with Crippen LogP contribution < -0.4 is 15.6 Å².